The Hall–Kier alpha value is -2.57. The molecule has 0 unspecified atom stereocenters. The average Bonchev–Trinajstić information content (AvgIpc) is 3.41. The van der Waals surface area contributed by atoms with Gasteiger partial charge in [0.15, 0.2) is 0 Å². The molecule has 3 aromatic rings. The van der Waals surface area contributed by atoms with Gasteiger partial charge in [0.05, 0.1) is 5.75 Å². The Bertz CT molecular complexity index is 1160. The summed E-state index contributed by atoms with van der Waals surface area (Å²) in [5.41, 5.74) is 4.41. The van der Waals surface area contributed by atoms with Crippen LogP contribution in [0.4, 0.5) is 0 Å². The molecule has 3 aromatic carbocycles. The quantitative estimate of drug-likeness (QED) is 0.276. The second-order valence-electron chi connectivity index (χ2n) is 9.83. The first kappa shape index (κ1) is 27.5. The highest BCUT2D eigenvalue weighted by Crippen LogP contribution is 2.22. The molecule has 1 fully saturated rings. The van der Waals surface area contributed by atoms with Crippen LogP contribution in [0.15, 0.2) is 83.3 Å². The number of nitrogens with zero attached hydrogens (tertiary/aromatic N) is 1. The number of hydrogen-bond donors (Lipinski definition) is 1. The molecule has 0 radical (unpaired) electrons. The van der Waals surface area contributed by atoms with E-state index in [4.69, 9.17) is 0 Å². The van der Waals surface area contributed by atoms with Crippen LogP contribution in [0.1, 0.15) is 47.9 Å². The molecule has 1 aliphatic rings. The van der Waals surface area contributed by atoms with Crippen LogP contribution in [-0.4, -0.2) is 34.6 Å². The number of rotatable bonds is 11. The van der Waals surface area contributed by atoms with E-state index in [9.17, 15) is 9.59 Å². The summed E-state index contributed by atoms with van der Waals surface area (Å²) >= 11 is 5.07. The Morgan fingerprint density at radius 2 is 1.65 bits per heavy atom. The number of aryl methyl sites for hydroxylation is 1. The predicted molar refractivity (Wildman–Crippen MR) is 156 cm³/mol. The summed E-state index contributed by atoms with van der Waals surface area (Å²) in [6.45, 7) is 2.47. The van der Waals surface area contributed by atoms with Crippen LogP contribution in [-0.2, 0) is 28.3 Å². The SMILES string of the molecule is Cc1cccc(CN(C(=O)CSCc2ccc(Br)cc2)[C@H](Cc2ccccc2)C(=O)NC2CCCC2)c1. The van der Waals surface area contributed by atoms with Gasteiger partial charge in [-0.05, 0) is 48.6 Å². The Labute approximate surface area is 233 Å². The van der Waals surface area contributed by atoms with E-state index in [-0.39, 0.29) is 17.9 Å². The van der Waals surface area contributed by atoms with Crippen molar-refractivity contribution in [1.29, 1.82) is 0 Å². The first-order valence-corrected chi connectivity index (χ1v) is 14.9. The zero-order valence-electron chi connectivity index (χ0n) is 21.4. The highest BCUT2D eigenvalue weighted by molar-refractivity contribution is 9.10. The van der Waals surface area contributed by atoms with Gasteiger partial charge in [0.1, 0.15) is 6.04 Å². The Balaban J connectivity index is 1.56. The van der Waals surface area contributed by atoms with Crippen molar-refractivity contribution in [3.05, 3.63) is 106 Å². The number of benzene rings is 3. The minimum atomic E-state index is -0.565. The number of carbonyl (C=O) groups is 2. The lowest BCUT2D eigenvalue weighted by Crippen LogP contribution is -2.52. The molecule has 1 atom stereocenters. The van der Waals surface area contributed by atoms with E-state index in [1.165, 1.54) is 5.56 Å². The van der Waals surface area contributed by atoms with E-state index in [1.54, 1.807) is 16.7 Å². The van der Waals surface area contributed by atoms with Gasteiger partial charge in [0.2, 0.25) is 11.8 Å². The topological polar surface area (TPSA) is 49.4 Å². The van der Waals surface area contributed by atoms with Crippen LogP contribution in [0.25, 0.3) is 0 Å². The molecule has 0 aliphatic heterocycles. The third kappa shape index (κ3) is 8.47. The van der Waals surface area contributed by atoms with E-state index in [0.29, 0.717) is 18.7 Å². The zero-order chi connectivity index (χ0) is 26.0. The zero-order valence-corrected chi connectivity index (χ0v) is 23.8. The molecule has 4 rings (SSSR count). The maximum Gasteiger partial charge on any atom is 0.243 e. The normalized spacial score (nSPS) is 14.3. The lowest BCUT2D eigenvalue weighted by molar-refractivity contribution is -0.139. The van der Waals surface area contributed by atoms with Gasteiger partial charge in [-0.3, -0.25) is 9.59 Å². The summed E-state index contributed by atoms with van der Waals surface area (Å²) < 4.78 is 1.04. The van der Waals surface area contributed by atoms with Crippen LogP contribution in [0, 0.1) is 6.92 Å². The molecule has 0 bridgehead atoms. The maximum absolute atomic E-state index is 13.8. The summed E-state index contributed by atoms with van der Waals surface area (Å²) in [5.74, 6) is 1.01. The number of hydrogen-bond acceptors (Lipinski definition) is 3. The van der Waals surface area contributed by atoms with Crippen LogP contribution in [0.2, 0.25) is 0 Å². The van der Waals surface area contributed by atoms with Crippen molar-refractivity contribution in [2.24, 2.45) is 0 Å². The summed E-state index contributed by atoms with van der Waals surface area (Å²) in [6, 6.07) is 26.0. The van der Waals surface area contributed by atoms with Crippen molar-refractivity contribution in [2.45, 2.75) is 63.4 Å². The molecule has 1 N–H and O–H groups in total. The molecule has 4 nitrogen and oxygen atoms in total. The van der Waals surface area contributed by atoms with Crippen molar-refractivity contribution in [2.75, 3.05) is 5.75 Å². The van der Waals surface area contributed by atoms with E-state index < -0.39 is 6.04 Å². The van der Waals surface area contributed by atoms with E-state index in [1.807, 2.05) is 54.6 Å². The first-order chi connectivity index (χ1) is 18.0. The minimum Gasteiger partial charge on any atom is -0.352 e. The Morgan fingerprint density at radius 3 is 2.35 bits per heavy atom. The Kier molecular flexibility index (Phi) is 10.3. The van der Waals surface area contributed by atoms with Crippen LogP contribution in [0.3, 0.4) is 0 Å². The highest BCUT2D eigenvalue weighted by atomic mass is 79.9. The van der Waals surface area contributed by atoms with Crippen molar-refractivity contribution in [1.82, 2.24) is 10.2 Å². The number of thioether (sulfide) groups is 1. The number of nitrogens with one attached hydrogen (secondary N) is 1. The van der Waals surface area contributed by atoms with Gasteiger partial charge < -0.3 is 10.2 Å². The van der Waals surface area contributed by atoms with Gasteiger partial charge in [-0.15, -0.1) is 11.8 Å². The van der Waals surface area contributed by atoms with Crippen molar-refractivity contribution in [3.63, 3.8) is 0 Å². The largest absolute Gasteiger partial charge is 0.352 e. The highest BCUT2D eigenvalue weighted by Gasteiger charge is 2.32. The molecular formula is C31H35BrN2O2S. The van der Waals surface area contributed by atoms with Crippen molar-refractivity contribution >= 4 is 39.5 Å². The fourth-order valence-corrected chi connectivity index (χ4v) is 5.98. The molecule has 0 saturated heterocycles. The predicted octanol–water partition coefficient (Wildman–Crippen LogP) is 6.69. The molecule has 0 aromatic heterocycles. The monoisotopic (exact) mass is 578 g/mol. The number of carbonyl (C=O) groups excluding carboxylic acids is 2. The van der Waals surface area contributed by atoms with Gasteiger partial charge in [-0.1, -0.05) is 101 Å². The molecule has 2 amide bonds. The summed E-state index contributed by atoms with van der Waals surface area (Å²) in [5, 5.41) is 3.27. The third-order valence-corrected chi connectivity index (χ3v) is 8.33. The number of amides is 2. The van der Waals surface area contributed by atoms with Crippen LogP contribution >= 0.6 is 27.7 Å². The second kappa shape index (κ2) is 13.8. The van der Waals surface area contributed by atoms with E-state index in [0.717, 1.165) is 52.6 Å². The lowest BCUT2D eigenvalue weighted by Gasteiger charge is -2.32. The fraction of sp³-hybridized carbons (Fsp3) is 0.355. The van der Waals surface area contributed by atoms with E-state index in [2.05, 4.69) is 52.4 Å². The standard InChI is InChI=1S/C31H35BrN2O2S/c1-23-8-7-11-26(18-23)20-34(30(35)22-37-21-25-14-16-27(32)17-15-25)29(19-24-9-3-2-4-10-24)31(36)33-28-12-5-6-13-28/h2-4,7-11,14-18,28-29H,5-6,12-13,19-22H2,1H3,(H,33,36)/t29-/m1/s1. The van der Waals surface area contributed by atoms with Gasteiger partial charge >= 0.3 is 0 Å². The van der Waals surface area contributed by atoms with Gasteiger partial charge in [0, 0.05) is 29.2 Å². The minimum absolute atomic E-state index is 0.00822. The molecule has 0 spiro atoms. The van der Waals surface area contributed by atoms with Gasteiger partial charge in [-0.2, -0.15) is 0 Å². The number of halogens is 1. The summed E-state index contributed by atoms with van der Waals surface area (Å²) in [7, 11) is 0. The Morgan fingerprint density at radius 1 is 0.946 bits per heavy atom. The second-order valence-corrected chi connectivity index (χ2v) is 11.7. The van der Waals surface area contributed by atoms with E-state index >= 15 is 0 Å². The lowest BCUT2D eigenvalue weighted by atomic mass is 10.0. The molecule has 1 aliphatic carbocycles. The van der Waals surface area contributed by atoms with Crippen molar-refractivity contribution < 1.29 is 9.59 Å². The molecule has 0 heterocycles. The van der Waals surface area contributed by atoms with Crippen LogP contribution < -0.4 is 5.32 Å². The molecule has 194 valence electrons. The first-order valence-electron chi connectivity index (χ1n) is 13.0. The smallest absolute Gasteiger partial charge is 0.243 e. The average molecular weight is 580 g/mol. The summed E-state index contributed by atoms with van der Waals surface area (Å²) in [6.07, 6.45) is 4.81. The third-order valence-electron chi connectivity index (χ3n) is 6.82. The summed E-state index contributed by atoms with van der Waals surface area (Å²) in [4.78, 5) is 29.3. The van der Waals surface area contributed by atoms with Crippen LogP contribution in [0.5, 0.6) is 0 Å². The fourth-order valence-electron chi connectivity index (χ4n) is 4.85. The molecule has 1 saturated carbocycles. The van der Waals surface area contributed by atoms with Crippen molar-refractivity contribution in [3.8, 4) is 0 Å². The molecule has 6 heteroatoms. The van der Waals surface area contributed by atoms with Gasteiger partial charge in [-0.25, -0.2) is 0 Å². The molecule has 37 heavy (non-hydrogen) atoms. The van der Waals surface area contributed by atoms with Gasteiger partial charge in [0.25, 0.3) is 0 Å². The maximum atomic E-state index is 13.8. The molecular weight excluding hydrogens is 544 g/mol.